The zero-order chi connectivity index (χ0) is 17.8. The summed E-state index contributed by atoms with van der Waals surface area (Å²) in [5.74, 6) is 0.445. The van der Waals surface area contributed by atoms with Crippen LogP contribution < -0.4 is 9.64 Å². The van der Waals surface area contributed by atoms with Gasteiger partial charge in [0.1, 0.15) is 0 Å². The smallest absolute Gasteiger partial charge is 0.173 e. The molecule has 7 heteroatoms. The van der Waals surface area contributed by atoms with Crippen LogP contribution in [0.3, 0.4) is 0 Å². The molecule has 0 saturated carbocycles. The summed E-state index contributed by atoms with van der Waals surface area (Å²) in [6.07, 6.45) is 1.74. The van der Waals surface area contributed by atoms with Crippen LogP contribution in [0.15, 0.2) is 44.3 Å². The summed E-state index contributed by atoms with van der Waals surface area (Å²) in [5, 5.41) is 9.98. The number of halogens is 2. The van der Waals surface area contributed by atoms with Gasteiger partial charge in [-0.15, -0.1) is 0 Å². The Balaban J connectivity index is 1.79. The van der Waals surface area contributed by atoms with Gasteiger partial charge < -0.3 is 19.5 Å². The zero-order valence-corrected chi connectivity index (χ0v) is 16.9. The van der Waals surface area contributed by atoms with Crippen LogP contribution in [0.25, 0.3) is 0 Å². The van der Waals surface area contributed by atoms with Gasteiger partial charge in [0.15, 0.2) is 11.5 Å². The third-order valence-electron chi connectivity index (χ3n) is 3.97. The van der Waals surface area contributed by atoms with Crippen LogP contribution in [-0.2, 0) is 4.74 Å². The number of rotatable bonds is 4. The molecule has 2 aromatic carbocycles. The molecule has 1 saturated heterocycles. The molecular formula is C18H18Br2N2O3. The first-order valence-corrected chi connectivity index (χ1v) is 9.40. The molecule has 2 aromatic rings. The van der Waals surface area contributed by atoms with Crippen molar-refractivity contribution in [3.8, 4) is 11.5 Å². The summed E-state index contributed by atoms with van der Waals surface area (Å²) in [6.45, 7) is 3.37. The average Bonchev–Trinajstić information content (AvgIpc) is 2.67. The molecule has 1 heterocycles. The second-order valence-corrected chi connectivity index (χ2v) is 7.10. The molecule has 0 bridgehead atoms. The van der Waals surface area contributed by atoms with Crippen molar-refractivity contribution in [2.45, 2.75) is 0 Å². The minimum absolute atomic E-state index is 0.0568. The van der Waals surface area contributed by atoms with Gasteiger partial charge in [0.05, 0.1) is 30.5 Å². The minimum atomic E-state index is 0.0568. The Kier molecular flexibility index (Phi) is 5.98. The highest BCUT2D eigenvalue weighted by atomic mass is 79.9. The number of phenols is 1. The number of nitrogens with zero attached hydrogens (tertiary/aromatic N) is 2. The van der Waals surface area contributed by atoms with E-state index in [0.717, 1.165) is 42.0 Å². The predicted octanol–water partition coefficient (Wildman–Crippen LogP) is 4.51. The fourth-order valence-electron chi connectivity index (χ4n) is 2.58. The fraction of sp³-hybridized carbons (Fsp3) is 0.278. The molecule has 0 aliphatic carbocycles. The molecule has 0 unspecified atom stereocenters. The lowest BCUT2D eigenvalue weighted by atomic mass is 10.2. The third-order valence-corrected chi connectivity index (χ3v) is 6.13. The van der Waals surface area contributed by atoms with Crippen LogP contribution in [0, 0.1) is 0 Å². The Bertz CT molecular complexity index is 773. The molecule has 5 nitrogen and oxygen atoms in total. The van der Waals surface area contributed by atoms with Crippen molar-refractivity contribution in [3.05, 3.63) is 44.8 Å². The SMILES string of the molecule is COc1cc(C=Nc2ccc(N3CCOCC3)cc2)c(Br)c(Br)c1O. The molecule has 0 aromatic heterocycles. The lowest BCUT2D eigenvalue weighted by Crippen LogP contribution is -2.36. The van der Waals surface area contributed by atoms with Crippen LogP contribution >= 0.6 is 31.9 Å². The number of hydrogen-bond donors (Lipinski definition) is 1. The maximum absolute atomic E-state index is 9.98. The van der Waals surface area contributed by atoms with Gasteiger partial charge in [-0.1, -0.05) is 0 Å². The van der Waals surface area contributed by atoms with Gasteiger partial charge in [0.2, 0.25) is 0 Å². The van der Waals surface area contributed by atoms with Gasteiger partial charge in [-0.3, -0.25) is 4.99 Å². The van der Waals surface area contributed by atoms with Gasteiger partial charge in [-0.2, -0.15) is 0 Å². The number of aromatic hydroxyl groups is 1. The highest BCUT2D eigenvalue weighted by Crippen LogP contribution is 2.41. The Hall–Kier alpha value is -1.57. The topological polar surface area (TPSA) is 54.3 Å². The Morgan fingerprint density at radius 2 is 1.84 bits per heavy atom. The van der Waals surface area contributed by atoms with Crippen molar-refractivity contribution in [2.75, 3.05) is 38.3 Å². The van der Waals surface area contributed by atoms with E-state index in [9.17, 15) is 5.11 Å². The Morgan fingerprint density at radius 3 is 2.48 bits per heavy atom. The Labute approximate surface area is 163 Å². The normalized spacial score (nSPS) is 14.9. The van der Waals surface area contributed by atoms with Crippen molar-refractivity contribution in [2.24, 2.45) is 4.99 Å². The maximum atomic E-state index is 9.98. The average molecular weight is 470 g/mol. The number of morpholine rings is 1. The van der Waals surface area contributed by atoms with Crippen molar-refractivity contribution in [1.29, 1.82) is 0 Å². The summed E-state index contributed by atoms with van der Waals surface area (Å²) < 4.78 is 11.8. The van der Waals surface area contributed by atoms with Crippen molar-refractivity contribution in [3.63, 3.8) is 0 Å². The zero-order valence-electron chi connectivity index (χ0n) is 13.7. The van der Waals surface area contributed by atoms with E-state index in [1.54, 1.807) is 12.3 Å². The van der Waals surface area contributed by atoms with Gasteiger partial charge >= 0.3 is 0 Å². The summed E-state index contributed by atoms with van der Waals surface area (Å²) in [4.78, 5) is 6.81. The number of benzene rings is 2. The highest BCUT2D eigenvalue weighted by Gasteiger charge is 2.14. The molecule has 3 rings (SSSR count). The summed E-state index contributed by atoms with van der Waals surface area (Å²) in [7, 11) is 1.51. The monoisotopic (exact) mass is 468 g/mol. The highest BCUT2D eigenvalue weighted by molar-refractivity contribution is 9.13. The Morgan fingerprint density at radius 1 is 1.16 bits per heavy atom. The largest absolute Gasteiger partial charge is 0.503 e. The number of methoxy groups -OCH3 is 1. The van der Waals surface area contributed by atoms with Crippen LogP contribution in [0.2, 0.25) is 0 Å². The molecular weight excluding hydrogens is 452 g/mol. The van der Waals surface area contributed by atoms with Crippen LogP contribution in [0.4, 0.5) is 11.4 Å². The summed E-state index contributed by atoms with van der Waals surface area (Å²) in [5.41, 5.74) is 2.84. The van der Waals surface area contributed by atoms with E-state index in [4.69, 9.17) is 9.47 Å². The van der Waals surface area contributed by atoms with E-state index in [1.807, 2.05) is 12.1 Å². The molecule has 1 N–H and O–H groups in total. The number of ether oxygens (including phenoxy) is 2. The minimum Gasteiger partial charge on any atom is -0.503 e. The van der Waals surface area contributed by atoms with Gasteiger partial charge in [-0.05, 0) is 62.2 Å². The summed E-state index contributed by atoms with van der Waals surface area (Å²) in [6, 6.07) is 9.85. The van der Waals surface area contributed by atoms with Gasteiger partial charge in [0, 0.05) is 35.0 Å². The lowest BCUT2D eigenvalue weighted by molar-refractivity contribution is 0.122. The van der Waals surface area contributed by atoms with E-state index in [-0.39, 0.29) is 5.75 Å². The molecule has 0 atom stereocenters. The maximum Gasteiger partial charge on any atom is 0.173 e. The molecule has 0 radical (unpaired) electrons. The molecule has 1 fully saturated rings. The molecule has 25 heavy (non-hydrogen) atoms. The first-order valence-electron chi connectivity index (χ1n) is 7.82. The molecule has 1 aliphatic heterocycles. The van der Waals surface area contributed by atoms with Crippen LogP contribution in [0.1, 0.15) is 5.56 Å². The van der Waals surface area contributed by atoms with Crippen molar-refractivity contribution >= 4 is 49.4 Å². The standard InChI is InChI=1S/C18H18Br2N2O3/c1-24-15-10-12(16(19)17(20)18(15)23)11-21-13-2-4-14(5-3-13)22-6-8-25-9-7-22/h2-5,10-11,23H,6-9H2,1H3. The molecule has 132 valence electrons. The molecule has 0 amide bonds. The number of aliphatic imine (C=N–C) groups is 1. The second-order valence-electron chi connectivity index (χ2n) is 5.52. The third kappa shape index (κ3) is 4.16. The van der Waals surface area contributed by atoms with Crippen LogP contribution in [-0.4, -0.2) is 44.7 Å². The van der Waals surface area contributed by atoms with E-state index >= 15 is 0 Å². The van der Waals surface area contributed by atoms with E-state index in [1.165, 1.54) is 12.8 Å². The number of phenolic OH excluding ortho intramolecular Hbond substituents is 1. The van der Waals surface area contributed by atoms with E-state index < -0.39 is 0 Å². The predicted molar refractivity (Wildman–Crippen MR) is 107 cm³/mol. The van der Waals surface area contributed by atoms with Crippen molar-refractivity contribution < 1.29 is 14.6 Å². The number of anilines is 1. The number of hydrogen-bond acceptors (Lipinski definition) is 5. The fourth-order valence-corrected chi connectivity index (χ4v) is 3.41. The quantitative estimate of drug-likeness (QED) is 0.669. The molecule has 1 aliphatic rings. The summed E-state index contributed by atoms with van der Waals surface area (Å²) >= 11 is 6.81. The van der Waals surface area contributed by atoms with E-state index in [2.05, 4.69) is 53.9 Å². The molecule has 0 spiro atoms. The van der Waals surface area contributed by atoms with Gasteiger partial charge in [0.25, 0.3) is 0 Å². The van der Waals surface area contributed by atoms with Gasteiger partial charge in [-0.25, -0.2) is 0 Å². The lowest BCUT2D eigenvalue weighted by Gasteiger charge is -2.28. The first kappa shape index (κ1) is 18.2. The second kappa shape index (κ2) is 8.21. The van der Waals surface area contributed by atoms with E-state index in [0.29, 0.717) is 10.2 Å². The van der Waals surface area contributed by atoms with Crippen molar-refractivity contribution in [1.82, 2.24) is 0 Å². The first-order chi connectivity index (χ1) is 12.1. The van der Waals surface area contributed by atoms with Crippen LogP contribution in [0.5, 0.6) is 11.5 Å².